The molecule has 0 fully saturated rings. The molecule has 156 valence electrons. The van der Waals surface area contributed by atoms with Gasteiger partial charge in [-0.15, -0.1) is 0 Å². The van der Waals surface area contributed by atoms with Crippen molar-refractivity contribution in [1.82, 2.24) is 5.43 Å². The number of aromatic hydroxyl groups is 1. The highest BCUT2D eigenvalue weighted by Crippen LogP contribution is 2.37. The SMILES string of the molecule is CC(C)(C)C1=CC(=NNC(=O)c2cc3ccccc3cc2O)C=C(C(C)(C)C)C1=O. The normalized spacial score (nSPS) is 15.0. The van der Waals surface area contributed by atoms with E-state index in [1.165, 1.54) is 0 Å². The Morgan fingerprint density at radius 3 is 1.90 bits per heavy atom. The van der Waals surface area contributed by atoms with E-state index in [4.69, 9.17) is 0 Å². The van der Waals surface area contributed by atoms with E-state index in [1.54, 1.807) is 24.3 Å². The van der Waals surface area contributed by atoms with Crippen molar-refractivity contribution in [3.8, 4) is 5.75 Å². The maximum absolute atomic E-state index is 13.0. The minimum Gasteiger partial charge on any atom is -0.507 e. The van der Waals surface area contributed by atoms with Crippen molar-refractivity contribution < 1.29 is 14.7 Å². The molecular formula is C25H28N2O3. The highest BCUT2D eigenvalue weighted by Gasteiger charge is 2.34. The number of hydrogen-bond acceptors (Lipinski definition) is 4. The van der Waals surface area contributed by atoms with Crippen LogP contribution in [0.5, 0.6) is 5.75 Å². The number of rotatable bonds is 2. The smallest absolute Gasteiger partial charge is 0.275 e. The van der Waals surface area contributed by atoms with Crippen LogP contribution in [0, 0.1) is 10.8 Å². The molecule has 1 amide bonds. The number of benzene rings is 2. The van der Waals surface area contributed by atoms with Crippen LogP contribution < -0.4 is 5.43 Å². The third-order valence-corrected chi connectivity index (χ3v) is 5.08. The molecule has 0 spiro atoms. The van der Waals surface area contributed by atoms with Gasteiger partial charge in [0.05, 0.1) is 11.3 Å². The third-order valence-electron chi connectivity index (χ3n) is 5.08. The van der Waals surface area contributed by atoms with Crippen LogP contribution in [0.3, 0.4) is 0 Å². The lowest BCUT2D eigenvalue weighted by molar-refractivity contribution is -0.114. The van der Waals surface area contributed by atoms with E-state index in [-0.39, 0.29) is 27.9 Å². The van der Waals surface area contributed by atoms with Crippen LogP contribution >= 0.6 is 0 Å². The molecular weight excluding hydrogens is 376 g/mol. The number of phenolic OH excluding ortho intramolecular Hbond substituents is 1. The van der Waals surface area contributed by atoms with Crippen LogP contribution in [-0.2, 0) is 4.79 Å². The Morgan fingerprint density at radius 2 is 1.40 bits per heavy atom. The van der Waals surface area contributed by atoms with Crippen LogP contribution in [0.25, 0.3) is 10.8 Å². The Bertz CT molecular complexity index is 1090. The van der Waals surface area contributed by atoms with Gasteiger partial charge in [0.1, 0.15) is 5.75 Å². The third kappa shape index (κ3) is 4.35. The molecule has 0 bridgehead atoms. The molecule has 1 aliphatic carbocycles. The van der Waals surface area contributed by atoms with Crippen LogP contribution in [0.1, 0.15) is 51.9 Å². The average molecular weight is 405 g/mol. The Kier molecular flexibility index (Phi) is 5.42. The number of nitrogens with zero attached hydrogens (tertiary/aromatic N) is 1. The summed E-state index contributed by atoms with van der Waals surface area (Å²) in [5.41, 5.74) is 3.75. The van der Waals surface area contributed by atoms with Crippen molar-refractivity contribution in [3.63, 3.8) is 0 Å². The Balaban J connectivity index is 1.96. The fourth-order valence-electron chi connectivity index (χ4n) is 3.38. The van der Waals surface area contributed by atoms with E-state index < -0.39 is 5.91 Å². The summed E-state index contributed by atoms with van der Waals surface area (Å²) in [4.78, 5) is 25.7. The minimum absolute atomic E-state index is 0.00690. The number of hydrogen-bond donors (Lipinski definition) is 2. The predicted molar refractivity (Wildman–Crippen MR) is 121 cm³/mol. The molecule has 1 aliphatic rings. The molecule has 2 aromatic carbocycles. The number of allylic oxidation sites excluding steroid dienone is 4. The van der Waals surface area contributed by atoms with E-state index in [1.807, 2.05) is 65.8 Å². The minimum atomic E-state index is -0.515. The number of carbonyl (C=O) groups excluding carboxylic acids is 2. The Morgan fingerprint density at radius 1 is 0.900 bits per heavy atom. The molecule has 0 radical (unpaired) electrons. The number of Topliss-reactive ketones (excluding diaryl/α,β-unsaturated/α-hetero) is 1. The van der Waals surface area contributed by atoms with Crippen molar-refractivity contribution >= 4 is 28.2 Å². The van der Waals surface area contributed by atoms with Gasteiger partial charge in [-0.3, -0.25) is 9.59 Å². The number of carbonyl (C=O) groups is 2. The summed E-state index contributed by atoms with van der Waals surface area (Å²) in [6, 6.07) is 10.7. The lowest BCUT2D eigenvalue weighted by atomic mass is 9.72. The van der Waals surface area contributed by atoms with Crippen molar-refractivity contribution in [2.24, 2.45) is 15.9 Å². The first-order chi connectivity index (χ1) is 13.9. The molecule has 30 heavy (non-hydrogen) atoms. The van der Waals surface area contributed by atoms with Gasteiger partial charge in [-0.05, 0) is 45.9 Å². The zero-order valence-electron chi connectivity index (χ0n) is 18.3. The van der Waals surface area contributed by atoms with Crippen molar-refractivity contribution in [2.75, 3.05) is 0 Å². The van der Waals surface area contributed by atoms with Gasteiger partial charge in [-0.1, -0.05) is 65.8 Å². The number of hydrazone groups is 1. The molecule has 0 aliphatic heterocycles. The quantitative estimate of drug-likeness (QED) is 0.536. The lowest BCUT2D eigenvalue weighted by Gasteiger charge is -2.30. The Hall–Kier alpha value is -3.21. The van der Waals surface area contributed by atoms with E-state index >= 15 is 0 Å². The van der Waals surface area contributed by atoms with E-state index in [9.17, 15) is 14.7 Å². The fourth-order valence-corrected chi connectivity index (χ4v) is 3.38. The first-order valence-corrected chi connectivity index (χ1v) is 9.97. The average Bonchev–Trinajstić information content (AvgIpc) is 2.64. The van der Waals surface area contributed by atoms with Crippen LogP contribution in [0.4, 0.5) is 0 Å². The highest BCUT2D eigenvalue weighted by molar-refractivity contribution is 6.23. The maximum atomic E-state index is 13.0. The second-order valence-electron chi connectivity index (χ2n) is 9.64. The van der Waals surface area contributed by atoms with Crippen molar-refractivity contribution in [1.29, 1.82) is 0 Å². The molecule has 0 aromatic heterocycles. The molecule has 0 saturated heterocycles. The molecule has 2 N–H and O–H groups in total. The largest absolute Gasteiger partial charge is 0.507 e. The van der Waals surface area contributed by atoms with E-state index in [2.05, 4.69) is 10.5 Å². The topological polar surface area (TPSA) is 78.8 Å². The monoisotopic (exact) mass is 404 g/mol. The van der Waals surface area contributed by atoms with Gasteiger partial charge in [0, 0.05) is 11.1 Å². The molecule has 0 unspecified atom stereocenters. The molecule has 5 heteroatoms. The zero-order valence-corrected chi connectivity index (χ0v) is 18.3. The van der Waals surface area contributed by atoms with Crippen molar-refractivity contribution in [3.05, 3.63) is 65.3 Å². The highest BCUT2D eigenvalue weighted by atomic mass is 16.3. The predicted octanol–water partition coefficient (Wildman–Crippen LogP) is 5.16. The molecule has 2 aromatic rings. The summed E-state index contributed by atoms with van der Waals surface area (Å²) in [5.74, 6) is -0.617. The van der Waals surface area contributed by atoms with E-state index in [0.29, 0.717) is 16.9 Å². The van der Waals surface area contributed by atoms with Gasteiger partial charge in [0.15, 0.2) is 5.78 Å². The second kappa shape index (κ2) is 7.56. The van der Waals surface area contributed by atoms with Gasteiger partial charge in [0.25, 0.3) is 5.91 Å². The molecule has 0 heterocycles. The summed E-state index contributed by atoms with van der Waals surface area (Å²) in [6.07, 6.45) is 3.44. The van der Waals surface area contributed by atoms with Gasteiger partial charge in [-0.25, -0.2) is 5.43 Å². The second-order valence-corrected chi connectivity index (χ2v) is 9.64. The fraction of sp³-hybridized carbons (Fsp3) is 0.320. The van der Waals surface area contributed by atoms with Gasteiger partial charge in [-0.2, -0.15) is 5.10 Å². The summed E-state index contributed by atoms with van der Waals surface area (Å²) in [5, 5.41) is 16.2. The molecule has 0 atom stereocenters. The number of ketones is 1. The maximum Gasteiger partial charge on any atom is 0.275 e. The summed E-state index contributed by atoms with van der Waals surface area (Å²) < 4.78 is 0. The first kappa shape index (κ1) is 21.5. The molecule has 3 rings (SSSR count). The van der Waals surface area contributed by atoms with Gasteiger partial charge >= 0.3 is 0 Å². The number of phenols is 1. The first-order valence-electron chi connectivity index (χ1n) is 9.97. The summed E-state index contributed by atoms with van der Waals surface area (Å²) in [6.45, 7) is 11.9. The number of amides is 1. The van der Waals surface area contributed by atoms with E-state index in [0.717, 1.165) is 10.8 Å². The molecule has 0 saturated carbocycles. The lowest BCUT2D eigenvalue weighted by Crippen LogP contribution is -2.30. The standard InChI is InChI=1S/C25H28N2O3/c1-24(2,3)19-13-17(14-20(22(19)29)25(4,5)6)26-27-23(30)18-11-15-9-7-8-10-16(15)12-21(18)28/h7-14,28H,1-6H3,(H,27,30). The number of nitrogens with one attached hydrogen (secondary N) is 1. The van der Waals surface area contributed by atoms with Gasteiger partial charge < -0.3 is 5.11 Å². The Labute approximate surface area is 177 Å². The summed E-state index contributed by atoms with van der Waals surface area (Å²) in [7, 11) is 0. The zero-order chi connectivity index (χ0) is 22.3. The van der Waals surface area contributed by atoms with Crippen molar-refractivity contribution in [2.45, 2.75) is 41.5 Å². The van der Waals surface area contributed by atoms with Gasteiger partial charge in [0.2, 0.25) is 0 Å². The van der Waals surface area contributed by atoms with Crippen LogP contribution in [0.15, 0.2) is 64.8 Å². The van der Waals surface area contributed by atoms with Crippen LogP contribution in [-0.4, -0.2) is 22.5 Å². The number of fused-ring (bicyclic) bond motifs is 1. The van der Waals surface area contributed by atoms with Crippen LogP contribution in [0.2, 0.25) is 0 Å². The summed E-state index contributed by atoms with van der Waals surface area (Å²) >= 11 is 0. The molecule has 5 nitrogen and oxygen atoms in total.